The molecule has 0 fully saturated rings. The summed E-state index contributed by atoms with van der Waals surface area (Å²) in [5.74, 6) is 1.69. The van der Waals surface area contributed by atoms with E-state index < -0.39 is 0 Å². The molecule has 5 heteroatoms. The van der Waals surface area contributed by atoms with Crippen molar-refractivity contribution >= 4 is 0 Å². The topological polar surface area (TPSA) is 74.2 Å². The van der Waals surface area contributed by atoms with E-state index in [9.17, 15) is 0 Å². The molecule has 1 aromatic heterocycles. The van der Waals surface area contributed by atoms with Gasteiger partial charge in [-0.1, -0.05) is 23.4 Å². The molecule has 2 rings (SSSR count). The molecule has 0 bridgehead atoms. The number of nitrogens with zero attached hydrogens (tertiary/aromatic N) is 2. The van der Waals surface area contributed by atoms with Gasteiger partial charge in [-0.05, 0) is 19.1 Å². The summed E-state index contributed by atoms with van der Waals surface area (Å²) in [4.78, 5) is 4.10. The van der Waals surface area contributed by atoms with Gasteiger partial charge in [0.1, 0.15) is 5.75 Å². The summed E-state index contributed by atoms with van der Waals surface area (Å²) in [6.07, 6.45) is 0. The number of nitrogens with two attached hydrogens (primary N) is 1. The molecule has 2 N–H and O–H groups in total. The van der Waals surface area contributed by atoms with Gasteiger partial charge in [-0.3, -0.25) is 0 Å². The van der Waals surface area contributed by atoms with Gasteiger partial charge in [-0.2, -0.15) is 4.98 Å². The summed E-state index contributed by atoms with van der Waals surface area (Å²) in [6.45, 7) is 2.05. The molecule has 5 nitrogen and oxygen atoms in total. The first kappa shape index (κ1) is 10.6. The zero-order valence-electron chi connectivity index (χ0n) is 8.96. The van der Waals surface area contributed by atoms with Gasteiger partial charge in [-0.15, -0.1) is 0 Å². The quantitative estimate of drug-likeness (QED) is 0.846. The fraction of sp³-hybridized carbons (Fsp3) is 0.273. The van der Waals surface area contributed by atoms with Gasteiger partial charge in [-0.25, -0.2) is 0 Å². The van der Waals surface area contributed by atoms with Crippen LogP contribution >= 0.6 is 0 Å². The highest BCUT2D eigenvalue weighted by atomic mass is 16.5. The lowest BCUT2D eigenvalue weighted by Gasteiger charge is -2.01. The lowest BCUT2D eigenvalue weighted by Crippen LogP contribution is -2.07. The Kier molecular flexibility index (Phi) is 3.16. The molecule has 0 spiro atoms. The van der Waals surface area contributed by atoms with Crippen molar-refractivity contribution in [1.29, 1.82) is 0 Å². The normalized spacial score (nSPS) is 12.4. The van der Waals surface area contributed by atoms with Crippen LogP contribution in [0.1, 0.15) is 24.7 Å². The predicted octanol–water partition coefficient (Wildman–Crippen LogP) is 1.67. The molecule has 0 aliphatic rings. The fourth-order valence-corrected chi connectivity index (χ4v) is 1.17. The second-order valence-corrected chi connectivity index (χ2v) is 3.44. The van der Waals surface area contributed by atoms with E-state index in [4.69, 9.17) is 15.0 Å². The van der Waals surface area contributed by atoms with Crippen LogP contribution in [0.4, 0.5) is 0 Å². The average molecular weight is 219 g/mol. The van der Waals surface area contributed by atoms with Gasteiger partial charge in [0, 0.05) is 0 Å². The molecule has 0 unspecified atom stereocenters. The van der Waals surface area contributed by atoms with Crippen LogP contribution in [-0.4, -0.2) is 10.1 Å². The van der Waals surface area contributed by atoms with Crippen molar-refractivity contribution in [2.24, 2.45) is 5.73 Å². The Hall–Kier alpha value is -1.88. The van der Waals surface area contributed by atoms with E-state index in [0.717, 1.165) is 5.75 Å². The summed E-state index contributed by atoms with van der Waals surface area (Å²) in [7, 11) is 0. The maximum absolute atomic E-state index is 5.61. The standard InChI is InChI=1S/C11H13N3O2/c1-8(12)11-13-10(16-14-11)7-15-9-5-3-2-4-6-9/h2-6,8H,7,12H2,1H3/t8-/m1/s1. The van der Waals surface area contributed by atoms with E-state index in [2.05, 4.69) is 10.1 Å². The van der Waals surface area contributed by atoms with Crippen LogP contribution in [0.25, 0.3) is 0 Å². The minimum Gasteiger partial charge on any atom is -0.484 e. The predicted molar refractivity (Wildman–Crippen MR) is 57.7 cm³/mol. The maximum atomic E-state index is 5.61. The molecule has 1 aromatic carbocycles. The van der Waals surface area contributed by atoms with Crippen LogP contribution in [0, 0.1) is 0 Å². The molecular weight excluding hydrogens is 206 g/mol. The van der Waals surface area contributed by atoms with Crippen LogP contribution in [0.15, 0.2) is 34.9 Å². The van der Waals surface area contributed by atoms with Gasteiger partial charge < -0.3 is 15.0 Å². The first-order valence-electron chi connectivity index (χ1n) is 5.01. The molecule has 1 atom stereocenters. The number of aromatic nitrogens is 2. The van der Waals surface area contributed by atoms with Crippen LogP contribution < -0.4 is 10.5 Å². The van der Waals surface area contributed by atoms with E-state index >= 15 is 0 Å². The molecule has 0 amide bonds. The average Bonchev–Trinajstić information content (AvgIpc) is 2.76. The largest absolute Gasteiger partial charge is 0.484 e. The van der Waals surface area contributed by atoms with E-state index in [-0.39, 0.29) is 12.6 Å². The SMILES string of the molecule is C[C@@H](N)c1noc(COc2ccccc2)n1. The van der Waals surface area contributed by atoms with Gasteiger partial charge in [0.25, 0.3) is 5.89 Å². The number of hydrogen-bond donors (Lipinski definition) is 1. The minimum atomic E-state index is -0.228. The van der Waals surface area contributed by atoms with E-state index in [1.54, 1.807) is 6.92 Å². The summed E-state index contributed by atoms with van der Waals surface area (Å²) < 4.78 is 10.4. The molecule has 1 heterocycles. The fourth-order valence-electron chi connectivity index (χ4n) is 1.17. The monoisotopic (exact) mass is 219 g/mol. The van der Waals surface area contributed by atoms with E-state index in [1.807, 2.05) is 30.3 Å². The van der Waals surface area contributed by atoms with Gasteiger partial charge in [0.05, 0.1) is 6.04 Å². The molecule has 0 saturated heterocycles. The summed E-state index contributed by atoms with van der Waals surface area (Å²) >= 11 is 0. The molecule has 0 saturated carbocycles. The minimum absolute atomic E-state index is 0.228. The van der Waals surface area contributed by atoms with Crippen molar-refractivity contribution in [3.8, 4) is 5.75 Å². The Morgan fingerprint density at radius 2 is 2.12 bits per heavy atom. The number of ether oxygens (including phenoxy) is 1. The highest BCUT2D eigenvalue weighted by Gasteiger charge is 2.09. The van der Waals surface area contributed by atoms with Crippen LogP contribution in [0.2, 0.25) is 0 Å². The molecule has 0 aliphatic heterocycles. The Labute approximate surface area is 93.2 Å². The molecule has 0 radical (unpaired) electrons. The summed E-state index contributed by atoms with van der Waals surface area (Å²) in [5, 5.41) is 3.74. The number of para-hydroxylation sites is 1. The first-order chi connectivity index (χ1) is 7.75. The smallest absolute Gasteiger partial charge is 0.264 e. The number of rotatable bonds is 4. The number of benzene rings is 1. The Balaban J connectivity index is 1.95. The third-order valence-corrected chi connectivity index (χ3v) is 2.00. The molecule has 84 valence electrons. The Morgan fingerprint density at radius 3 is 2.75 bits per heavy atom. The van der Waals surface area contributed by atoms with Crippen LogP contribution in [0.5, 0.6) is 5.75 Å². The van der Waals surface area contributed by atoms with Crippen molar-refractivity contribution in [3.63, 3.8) is 0 Å². The van der Waals surface area contributed by atoms with Crippen molar-refractivity contribution in [2.45, 2.75) is 19.6 Å². The zero-order chi connectivity index (χ0) is 11.4. The van der Waals surface area contributed by atoms with Crippen LogP contribution in [-0.2, 0) is 6.61 Å². The number of hydrogen-bond acceptors (Lipinski definition) is 5. The first-order valence-corrected chi connectivity index (χ1v) is 5.01. The third kappa shape index (κ3) is 2.58. The third-order valence-electron chi connectivity index (χ3n) is 2.00. The molecule has 2 aromatic rings. The zero-order valence-corrected chi connectivity index (χ0v) is 8.96. The molecule has 0 aliphatic carbocycles. The van der Waals surface area contributed by atoms with Crippen molar-refractivity contribution in [1.82, 2.24) is 10.1 Å². The Morgan fingerprint density at radius 1 is 1.38 bits per heavy atom. The van der Waals surface area contributed by atoms with Gasteiger partial charge in [0.2, 0.25) is 0 Å². The Bertz CT molecular complexity index is 440. The molecular formula is C11H13N3O2. The second-order valence-electron chi connectivity index (χ2n) is 3.44. The van der Waals surface area contributed by atoms with Crippen molar-refractivity contribution in [3.05, 3.63) is 42.0 Å². The maximum Gasteiger partial charge on any atom is 0.264 e. The second kappa shape index (κ2) is 4.76. The highest BCUT2D eigenvalue weighted by Crippen LogP contribution is 2.11. The summed E-state index contributed by atoms with van der Waals surface area (Å²) in [6, 6.07) is 9.22. The lowest BCUT2D eigenvalue weighted by molar-refractivity contribution is 0.242. The van der Waals surface area contributed by atoms with E-state index in [1.165, 1.54) is 0 Å². The summed E-state index contributed by atoms with van der Waals surface area (Å²) in [5.41, 5.74) is 5.61. The van der Waals surface area contributed by atoms with Gasteiger partial charge >= 0.3 is 0 Å². The molecule has 16 heavy (non-hydrogen) atoms. The highest BCUT2D eigenvalue weighted by molar-refractivity contribution is 5.20. The lowest BCUT2D eigenvalue weighted by atomic mass is 10.3. The van der Waals surface area contributed by atoms with Crippen LogP contribution in [0.3, 0.4) is 0 Å². The van der Waals surface area contributed by atoms with Gasteiger partial charge in [0.15, 0.2) is 12.4 Å². The van der Waals surface area contributed by atoms with Crippen molar-refractivity contribution in [2.75, 3.05) is 0 Å². The van der Waals surface area contributed by atoms with E-state index in [0.29, 0.717) is 11.7 Å². The van der Waals surface area contributed by atoms with Crippen molar-refractivity contribution < 1.29 is 9.26 Å².